The number of aromatic nitrogens is 2. The minimum atomic E-state index is 0.153. The lowest BCUT2D eigenvalue weighted by molar-refractivity contribution is 0.301. The first-order valence-corrected chi connectivity index (χ1v) is 5.68. The Kier molecular flexibility index (Phi) is 5.10. The van der Waals surface area contributed by atoms with E-state index in [9.17, 15) is 0 Å². The molecule has 0 saturated heterocycles. The standard InChI is InChI=1S/C9H14IN3O/c1-2-3-13(4-5-14)9-8(10)6-11-7-12-9/h6-7,14H,2-5H2,1H3. The Balaban J connectivity index is 2.81. The SMILES string of the molecule is CCCN(CCO)c1ncncc1I. The van der Waals surface area contributed by atoms with E-state index >= 15 is 0 Å². The number of aliphatic hydroxyl groups excluding tert-OH is 1. The van der Waals surface area contributed by atoms with E-state index in [0.717, 1.165) is 22.4 Å². The fourth-order valence-corrected chi connectivity index (χ4v) is 1.89. The fourth-order valence-electron chi connectivity index (χ4n) is 1.25. The van der Waals surface area contributed by atoms with Crippen LogP contribution < -0.4 is 4.90 Å². The van der Waals surface area contributed by atoms with Crippen LogP contribution >= 0.6 is 22.6 Å². The van der Waals surface area contributed by atoms with Crippen molar-refractivity contribution in [3.8, 4) is 0 Å². The molecular weight excluding hydrogens is 293 g/mol. The number of aliphatic hydroxyl groups is 1. The molecule has 0 amide bonds. The average molecular weight is 307 g/mol. The molecule has 0 aliphatic rings. The molecule has 1 N–H and O–H groups in total. The molecule has 1 rings (SSSR count). The molecule has 0 unspecified atom stereocenters. The average Bonchev–Trinajstić information content (AvgIpc) is 2.18. The van der Waals surface area contributed by atoms with Crippen LogP contribution in [0, 0.1) is 3.57 Å². The van der Waals surface area contributed by atoms with Gasteiger partial charge in [0.05, 0.1) is 10.2 Å². The van der Waals surface area contributed by atoms with Gasteiger partial charge >= 0.3 is 0 Å². The van der Waals surface area contributed by atoms with Gasteiger partial charge in [0.1, 0.15) is 12.1 Å². The van der Waals surface area contributed by atoms with Crippen molar-refractivity contribution in [3.63, 3.8) is 0 Å². The predicted octanol–water partition coefficient (Wildman–Crippen LogP) is 1.29. The maximum absolute atomic E-state index is 8.93. The lowest BCUT2D eigenvalue weighted by Gasteiger charge is -2.22. The van der Waals surface area contributed by atoms with E-state index in [0.29, 0.717) is 6.54 Å². The van der Waals surface area contributed by atoms with Crippen molar-refractivity contribution < 1.29 is 5.11 Å². The Bertz CT molecular complexity index is 277. The maximum Gasteiger partial charge on any atom is 0.145 e. The molecule has 0 aliphatic heterocycles. The van der Waals surface area contributed by atoms with Crippen LogP contribution in [0.4, 0.5) is 5.82 Å². The molecule has 0 radical (unpaired) electrons. The molecule has 14 heavy (non-hydrogen) atoms. The topological polar surface area (TPSA) is 49.2 Å². The first-order chi connectivity index (χ1) is 6.79. The second kappa shape index (κ2) is 6.13. The van der Waals surface area contributed by atoms with Crippen LogP contribution in [0.2, 0.25) is 0 Å². The van der Waals surface area contributed by atoms with Gasteiger partial charge in [-0.2, -0.15) is 0 Å². The summed E-state index contributed by atoms with van der Waals surface area (Å²) in [7, 11) is 0. The lowest BCUT2D eigenvalue weighted by atomic mass is 10.4. The quantitative estimate of drug-likeness (QED) is 0.833. The molecule has 0 bridgehead atoms. The van der Waals surface area contributed by atoms with Gasteiger partial charge in [-0.1, -0.05) is 6.92 Å². The van der Waals surface area contributed by atoms with Crippen LogP contribution in [0.25, 0.3) is 0 Å². The van der Waals surface area contributed by atoms with Crippen LogP contribution in [0.5, 0.6) is 0 Å². The highest BCUT2D eigenvalue weighted by Gasteiger charge is 2.09. The molecule has 4 nitrogen and oxygen atoms in total. The van der Waals surface area contributed by atoms with E-state index in [2.05, 4.69) is 44.4 Å². The summed E-state index contributed by atoms with van der Waals surface area (Å²) in [5.74, 6) is 0.913. The van der Waals surface area contributed by atoms with Crippen LogP contribution in [-0.4, -0.2) is 34.8 Å². The monoisotopic (exact) mass is 307 g/mol. The molecule has 78 valence electrons. The van der Waals surface area contributed by atoms with Crippen LogP contribution in [0.15, 0.2) is 12.5 Å². The van der Waals surface area contributed by atoms with E-state index in [-0.39, 0.29) is 6.61 Å². The zero-order valence-corrected chi connectivity index (χ0v) is 10.3. The van der Waals surface area contributed by atoms with Crippen molar-refractivity contribution in [1.82, 2.24) is 9.97 Å². The first-order valence-electron chi connectivity index (χ1n) is 4.61. The Morgan fingerprint density at radius 2 is 2.29 bits per heavy atom. The summed E-state index contributed by atoms with van der Waals surface area (Å²) in [4.78, 5) is 10.2. The van der Waals surface area contributed by atoms with Crippen molar-refractivity contribution in [3.05, 3.63) is 16.1 Å². The normalized spacial score (nSPS) is 10.2. The van der Waals surface area contributed by atoms with Gasteiger partial charge in [0, 0.05) is 19.3 Å². The summed E-state index contributed by atoms with van der Waals surface area (Å²) in [6.07, 6.45) is 4.36. The minimum absolute atomic E-state index is 0.153. The minimum Gasteiger partial charge on any atom is -0.395 e. The molecule has 1 aromatic rings. The Morgan fingerprint density at radius 1 is 1.50 bits per heavy atom. The van der Waals surface area contributed by atoms with Gasteiger partial charge in [-0.15, -0.1) is 0 Å². The zero-order valence-electron chi connectivity index (χ0n) is 8.15. The van der Waals surface area contributed by atoms with Gasteiger partial charge in [-0.25, -0.2) is 9.97 Å². The van der Waals surface area contributed by atoms with Crippen molar-refractivity contribution >= 4 is 28.4 Å². The smallest absolute Gasteiger partial charge is 0.145 e. The molecule has 0 aliphatic carbocycles. The molecule has 0 saturated carbocycles. The summed E-state index contributed by atoms with van der Waals surface area (Å²) in [5, 5.41) is 8.93. The van der Waals surface area contributed by atoms with Gasteiger partial charge in [-0.05, 0) is 29.0 Å². The van der Waals surface area contributed by atoms with E-state index < -0.39 is 0 Å². The molecular formula is C9H14IN3O. The predicted molar refractivity (Wildman–Crippen MR) is 64.3 cm³/mol. The van der Waals surface area contributed by atoms with Crippen LogP contribution in [0.3, 0.4) is 0 Å². The number of hydrogen-bond acceptors (Lipinski definition) is 4. The summed E-state index contributed by atoms with van der Waals surface area (Å²) >= 11 is 2.21. The van der Waals surface area contributed by atoms with Crippen molar-refractivity contribution in [2.45, 2.75) is 13.3 Å². The largest absolute Gasteiger partial charge is 0.395 e. The summed E-state index contributed by atoms with van der Waals surface area (Å²) in [6.45, 7) is 3.80. The highest BCUT2D eigenvalue weighted by Crippen LogP contribution is 2.17. The second-order valence-electron chi connectivity index (χ2n) is 2.90. The summed E-state index contributed by atoms with van der Waals surface area (Å²) in [5.41, 5.74) is 0. The maximum atomic E-state index is 8.93. The number of hydrogen-bond donors (Lipinski definition) is 1. The van der Waals surface area contributed by atoms with Gasteiger partial charge in [0.2, 0.25) is 0 Å². The van der Waals surface area contributed by atoms with Crippen molar-refractivity contribution in [2.75, 3.05) is 24.6 Å². The third kappa shape index (κ3) is 3.06. The molecule has 0 spiro atoms. The van der Waals surface area contributed by atoms with Gasteiger partial charge in [0.15, 0.2) is 0 Å². The Morgan fingerprint density at radius 3 is 2.86 bits per heavy atom. The highest BCUT2D eigenvalue weighted by molar-refractivity contribution is 14.1. The fraction of sp³-hybridized carbons (Fsp3) is 0.556. The molecule has 1 aromatic heterocycles. The van der Waals surface area contributed by atoms with E-state index in [1.54, 1.807) is 6.20 Å². The molecule has 1 heterocycles. The molecule has 0 atom stereocenters. The lowest BCUT2D eigenvalue weighted by Crippen LogP contribution is -2.29. The van der Waals surface area contributed by atoms with Gasteiger partial charge in [-0.3, -0.25) is 0 Å². The highest BCUT2D eigenvalue weighted by atomic mass is 127. The van der Waals surface area contributed by atoms with E-state index in [1.165, 1.54) is 6.33 Å². The second-order valence-corrected chi connectivity index (χ2v) is 4.07. The number of anilines is 1. The van der Waals surface area contributed by atoms with Gasteiger partial charge < -0.3 is 10.0 Å². The third-order valence-electron chi connectivity index (χ3n) is 1.81. The number of halogens is 1. The number of rotatable bonds is 5. The zero-order chi connectivity index (χ0) is 10.4. The van der Waals surface area contributed by atoms with Crippen LogP contribution in [0.1, 0.15) is 13.3 Å². The van der Waals surface area contributed by atoms with Gasteiger partial charge in [0.25, 0.3) is 0 Å². The Hall–Kier alpha value is -0.430. The molecule has 0 fully saturated rings. The van der Waals surface area contributed by atoms with E-state index in [4.69, 9.17) is 5.11 Å². The summed E-state index contributed by atoms with van der Waals surface area (Å²) in [6, 6.07) is 0. The van der Waals surface area contributed by atoms with Crippen molar-refractivity contribution in [2.24, 2.45) is 0 Å². The number of nitrogens with zero attached hydrogens (tertiary/aromatic N) is 3. The molecule has 5 heteroatoms. The first kappa shape index (κ1) is 11.6. The van der Waals surface area contributed by atoms with Crippen molar-refractivity contribution in [1.29, 1.82) is 0 Å². The van der Waals surface area contributed by atoms with Crippen LogP contribution in [-0.2, 0) is 0 Å². The third-order valence-corrected chi connectivity index (χ3v) is 2.57. The Labute approximate surface area is 97.5 Å². The van der Waals surface area contributed by atoms with E-state index in [1.807, 2.05) is 0 Å². The molecule has 0 aromatic carbocycles. The summed E-state index contributed by atoms with van der Waals surface area (Å²) < 4.78 is 1.02.